The third-order valence-electron chi connectivity index (χ3n) is 1.51. The molecule has 0 bridgehead atoms. The van der Waals surface area contributed by atoms with Crippen LogP contribution in [0.15, 0.2) is 16.7 Å². The van der Waals surface area contributed by atoms with E-state index in [1.54, 1.807) is 13.3 Å². The molecule has 1 aromatic heterocycles. The SMILES string of the molecule is COCCNc1cc(Br)cnc1N. The van der Waals surface area contributed by atoms with Crippen molar-refractivity contribution in [3.63, 3.8) is 0 Å². The van der Waals surface area contributed by atoms with Gasteiger partial charge in [-0.15, -0.1) is 0 Å². The second-order valence-electron chi connectivity index (χ2n) is 2.51. The number of rotatable bonds is 4. The van der Waals surface area contributed by atoms with Gasteiger partial charge in [-0.2, -0.15) is 0 Å². The summed E-state index contributed by atoms with van der Waals surface area (Å²) in [6.45, 7) is 1.37. The molecule has 0 aliphatic rings. The van der Waals surface area contributed by atoms with Crippen LogP contribution in [0.5, 0.6) is 0 Å². The number of nitrogen functional groups attached to an aromatic ring is 1. The number of pyridine rings is 1. The Labute approximate surface area is 85.6 Å². The zero-order chi connectivity index (χ0) is 9.68. The number of nitrogens with two attached hydrogens (primary N) is 1. The van der Waals surface area contributed by atoms with Crippen molar-refractivity contribution < 1.29 is 4.74 Å². The molecule has 1 rings (SSSR count). The molecular weight excluding hydrogens is 234 g/mol. The molecule has 1 heterocycles. The second kappa shape index (κ2) is 5.04. The number of methoxy groups -OCH3 is 1. The summed E-state index contributed by atoms with van der Waals surface area (Å²) in [6, 6.07) is 1.89. The summed E-state index contributed by atoms with van der Waals surface area (Å²) in [5, 5.41) is 3.11. The number of nitrogens with zero attached hydrogens (tertiary/aromatic N) is 1. The van der Waals surface area contributed by atoms with Crippen molar-refractivity contribution in [3.05, 3.63) is 16.7 Å². The van der Waals surface area contributed by atoms with Gasteiger partial charge in [0.2, 0.25) is 0 Å². The second-order valence-corrected chi connectivity index (χ2v) is 3.42. The first kappa shape index (κ1) is 10.3. The number of nitrogens with one attached hydrogen (secondary N) is 1. The third-order valence-corrected chi connectivity index (χ3v) is 1.94. The fraction of sp³-hybridized carbons (Fsp3) is 0.375. The molecular formula is C8H12BrN3O. The average Bonchev–Trinajstić information content (AvgIpc) is 2.11. The minimum atomic E-state index is 0.499. The zero-order valence-electron chi connectivity index (χ0n) is 7.38. The molecule has 0 amide bonds. The normalized spacial score (nSPS) is 10.0. The molecule has 3 N–H and O–H groups in total. The van der Waals surface area contributed by atoms with Crippen molar-refractivity contribution in [1.82, 2.24) is 4.98 Å². The lowest BCUT2D eigenvalue weighted by atomic mass is 10.4. The van der Waals surface area contributed by atoms with Crippen LogP contribution < -0.4 is 11.1 Å². The molecule has 72 valence electrons. The number of anilines is 2. The molecule has 1 aromatic rings. The standard InChI is InChI=1S/C8H12BrN3O/c1-13-3-2-11-7-4-6(9)5-12-8(7)10/h4-5,11H,2-3H2,1H3,(H2,10,12). The smallest absolute Gasteiger partial charge is 0.146 e. The summed E-state index contributed by atoms with van der Waals surface area (Å²) in [5.41, 5.74) is 6.46. The van der Waals surface area contributed by atoms with Gasteiger partial charge in [-0.05, 0) is 22.0 Å². The molecule has 0 aliphatic heterocycles. The number of aromatic nitrogens is 1. The molecule has 5 heteroatoms. The molecule has 13 heavy (non-hydrogen) atoms. The fourth-order valence-corrected chi connectivity index (χ4v) is 1.21. The van der Waals surface area contributed by atoms with Gasteiger partial charge in [0.25, 0.3) is 0 Å². The Kier molecular flexibility index (Phi) is 3.98. The minimum Gasteiger partial charge on any atom is -0.383 e. The molecule has 0 aromatic carbocycles. The minimum absolute atomic E-state index is 0.499. The summed E-state index contributed by atoms with van der Waals surface area (Å²) in [7, 11) is 1.66. The van der Waals surface area contributed by atoms with E-state index in [1.165, 1.54) is 0 Å². The summed E-state index contributed by atoms with van der Waals surface area (Å²) < 4.78 is 5.80. The maximum Gasteiger partial charge on any atom is 0.146 e. The molecule has 0 unspecified atom stereocenters. The first-order chi connectivity index (χ1) is 6.24. The van der Waals surface area contributed by atoms with E-state index >= 15 is 0 Å². The quantitative estimate of drug-likeness (QED) is 0.790. The van der Waals surface area contributed by atoms with Crippen LogP contribution in [0.4, 0.5) is 11.5 Å². The van der Waals surface area contributed by atoms with Crippen molar-refractivity contribution in [3.8, 4) is 0 Å². The van der Waals surface area contributed by atoms with Gasteiger partial charge in [0.15, 0.2) is 0 Å². The predicted molar refractivity (Wildman–Crippen MR) is 56.7 cm³/mol. The summed E-state index contributed by atoms with van der Waals surface area (Å²) in [5.74, 6) is 0.499. The highest BCUT2D eigenvalue weighted by Gasteiger charge is 1.99. The third kappa shape index (κ3) is 3.20. The van der Waals surface area contributed by atoms with Crippen LogP contribution >= 0.6 is 15.9 Å². The lowest BCUT2D eigenvalue weighted by molar-refractivity contribution is 0.211. The monoisotopic (exact) mass is 245 g/mol. The molecule has 0 radical (unpaired) electrons. The lowest BCUT2D eigenvalue weighted by Crippen LogP contribution is -2.09. The van der Waals surface area contributed by atoms with E-state index in [0.29, 0.717) is 12.4 Å². The van der Waals surface area contributed by atoms with Crippen molar-refractivity contribution >= 4 is 27.4 Å². The number of hydrogen-bond acceptors (Lipinski definition) is 4. The van der Waals surface area contributed by atoms with Gasteiger partial charge in [-0.25, -0.2) is 4.98 Å². The fourth-order valence-electron chi connectivity index (χ4n) is 0.879. The molecule has 4 nitrogen and oxygen atoms in total. The van der Waals surface area contributed by atoms with Crippen molar-refractivity contribution in [2.75, 3.05) is 31.3 Å². The van der Waals surface area contributed by atoms with E-state index in [-0.39, 0.29) is 0 Å². The number of ether oxygens (including phenoxy) is 1. The highest BCUT2D eigenvalue weighted by atomic mass is 79.9. The Balaban J connectivity index is 2.59. The molecule has 0 saturated heterocycles. The lowest BCUT2D eigenvalue weighted by Gasteiger charge is -2.07. The maximum atomic E-state index is 5.64. The van der Waals surface area contributed by atoms with Gasteiger partial charge < -0.3 is 15.8 Å². The van der Waals surface area contributed by atoms with E-state index in [9.17, 15) is 0 Å². The number of hydrogen-bond donors (Lipinski definition) is 2. The van der Waals surface area contributed by atoms with E-state index in [0.717, 1.165) is 16.7 Å². The van der Waals surface area contributed by atoms with Crippen LogP contribution in [0.3, 0.4) is 0 Å². The molecule has 0 aliphatic carbocycles. The predicted octanol–water partition coefficient (Wildman–Crippen LogP) is 1.48. The Morgan fingerprint density at radius 2 is 2.46 bits per heavy atom. The zero-order valence-corrected chi connectivity index (χ0v) is 8.97. The number of halogens is 1. The first-order valence-corrected chi connectivity index (χ1v) is 4.67. The van der Waals surface area contributed by atoms with Gasteiger partial charge in [0, 0.05) is 24.3 Å². The summed E-state index contributed by atoms with van der Waals surface area (Å²) >= 11 is 3.32. The van der Waals surface area contributed by atoms with E-state index in [1.807, 2.05) is 6.07 Å². The van der Waals surface area contributed by atoms with Crippen molar-refractivity contribution in [2.24, 2.45) is 0 Å². The van der Waals surface area contributed by atoms with Crippen LogP contribution in [-0.2, 0) is 4.74 Å². The van der Waals surface area contributed by atoms with Crippen LogP contribution in [-0.4, -0.2) is 25.2 Å². The van der Waals surface area contributed by atoms with Crippen LogP contribution in [0, 0.1) is 0 Å². The Morgan fingerprint density at radius 3 is 3.15 bits per heavy atom. The topological polar surface area (TPSA) is 60.2 Å². The first-order valence-electron chi connectivity index (χ1n) is 3.88. The van der Waals surface area contributed by atoms with Gasteiger partial charge >= 0.3 is 0 Å². The average molecular weight is 246 g/mol. The van der Waals surface area contributed by atoms with Gasteiger partial charge in [-0.3, -0.25) is 0 Å². The highest BCUT2D eigenvalue weighted by Crippen LogP contribution is 2.19. The van der Waals surface area contributed by atoms with E-state index < -0.39 is 0 Å². The largest absolute Gasteiger partial charge is 0.383 e. The molecule has 0 atom stereocenters. The molecule has 0 fully saturated rings. The Hall–Kier alpha value is -0.810. The Morgan fingerprint density at radius 1 is 1.69 bits per heavy atom. The van der Waals surface area contributed by atoms with E-state index in [2.05, 4.69) is 26.2 Å². The summed E-state index contributed by atoms with van der Waals surface area (Å²) in [6.07, 6.45) is 1.66. The Bertz CT molecular complexity index is 280. The van der Waals surface area contributed by atoms with E-state index in [4.69, 9.17) is 10.5 Å². The van der Waals surface area contributed by atoms with Crippen molar-refractivity contribution in [1.29, 1.82) is 0 Å². The molecule has 0 saturated carbocycles. The summed E-state index contributed by atoms with van der Waals surface area (Å²) in [4.78, 5) is 3.98. The van der Waals surface area contributed by atoms with Crippen LogP contribution in [0.25, 0.3) is 0 Å². The van der Waals surface area contributed by atoms with Gasteiger partial charge in [0.05, 0.1) is 12.3 Å². The highest BCUT2D eigenvalue weighted by molar-refractivity contribution is 9.10. The molecule has 0 spiro atoms. The van der Waals surface area contributed by atoms with Crippen molar-refractivity contribution in [2.45, 2.75) is 0 Å². The van der Waals surface area contributed by atoms with Crippen LogP contribution in [0.1, 0.15) is 0 Å². The van der Waals surface area contributed by atoms with Gasteiger partial charge in [-0.1, -0.05) is 0 Å². The van der Waals surface area contributed by atoms with Gasteiger partial charge in [0.1, 0.15) is 5.82 Å². The van der Waals surface area contributed by atoms with Crippen LogP contribution in [0.2, 0.25) is 0 Å². The maximum absolute atomic E-state index is 5.64.